The topological polar surface area (TPSA) is 67.9 Å². The molecule has 2 aliphatic rings. The lowest BCUT2D eigenvalue weighted by Crippen LogP contribution is -2.52. The number of aryl methyl sites for hydroxylation is 1. The van der Waals surface area contributed by atoms with Crippen LogP contribution < -0.4 is 5.73 Å². The maximum Gasteiger partial charge on any atom is 0.244 e. The summed E-state index contributed by atoms with van der Waals surface area (Å²) in [6, 6.07) is 4.80. The molecule has 0 saturated carbocycles. The highest BCUT2D eigenvalue weighted by Gasteiger charge is 2.57. The van der Waals surface area contributed by atoms with E-state index in [1.54, 1.807) is 0 Å². The van der Waals surface area contributed by atoms with Gasteiger partial charge in [-0.05, 0) is 61.7 Å². The van der Waals surface area contributed by atoms with Crippen LogP contribution in [0.4, 0.5) is 17.6 Å². The molecule has 0 bridgehead atoms. The second-order valence-corrected chi connectivity index (χ2v) is 7.40. The molecule has 2 aromatic rings. The van der Waals surface area contributed by atoms with Gasteiger partial charge in [-0.2, -0.15) is 5.01 Å². The number of hydrazone groups is 1. The molecule has 0 saturated heterocycles. The van der Waals surface area contributed by atoms with Crippen molar-refractivity contribution in [2.75, 3.05) is 6.54 Å². The molecule has 4 rings (SSSR count). The second-order valence-electron chi connectivity index (χ2n) is 7.40. The molecule has 1 amide bonds. The Hall–Kier alpha value is -2.94. The van der Waals surface area contributed by atoms with Gasteiger partial charge in [0.05, 0.1) is 5.56 Å². The van der Waals surface area contributed by atoms with E-state index < -0.39 is 40.8 Å². The number of rotatable bonds is 3. The van der Waals surface area contributed by atoms with Gasteiger partial charge < -0.3 is 10.5 Å². The van der Waals surface area contributed by atoms with E-state index in [-0.39, 0.29) is 23.6 Å². The largest absolute Gasteiger partial charge is 0.443 e. The zero-order valence-electron chi connectivity index (χ0n) is 16.1. The van der Waals surface area contributed by atoms with Crippen LogP contribution in [-0.2, 0) is 21.7 Å². The summed E-state index contributed by atoms with van der Waals surface area (Å²) in [4.78, 5) is 12.5. The quantitative estimate of drug-likeness (QED) is 0.771. The Bertz CT molecular complexity index is 1060. The van der Waals surface area contributed by atoms with E-state index in [0.29, 0.717) is 24.8 Å². The Labute approximate surface area is 170 Å². The molecule has 2 aromatic carbocycles. The minimum absolute atomic E-state index is 0.219. The molecule has 1 aliphatic heterocycles. The summed E-state index contributed by atoms with van der Waals surface area (Å²) in [6.45, 7) is 1.47. The highest BCUT2D eigenvalue weighted by Crippen LogP contribution is 2.50. The van der Waals surface area contributed by atoms with Crippen LogP contribution in [0.2, 0.25) is 0 Å². The monoisotopic (exact) mass is 421 g/mol. The number of nitrogens with two attached hydrogens (primary N) is 1. The van der Waals surface area contributed by atoms with Crippen LogP contribution >= 0.6 is 0 Å². The summed E-state index contributed by atoms with van der Waals surface area (Å²) in [6.07, 6.45) is 1.25. The summed E-state index contributed by atoms with van der Waals surface area (Å²) < 4.78 is 62.3. The molecule has 1 aliphatic carbocycles. The van der Waals surface area contributed by atoms with Crippen molar-refractivity contribution in [3.8, 4) is 0 Å². The normalized spacial score (nSPS) is 22.7. The summed E-state index contributed by atoms with van der Waals surface area (Å²) in [7, 11) is 0. The number of amides is 1. The maximum absolute atomic E-state index is 14.4. The van der Waals surface area contributed by atoms with Crippen molar-refractivity contribution in [2.45, 2.75) is 31.9 Å². The zero-order chi connectivity index (χ0) is 21.6. The fourth-order valence-electron chi connectivity index (χ4n) is 4.29. The van der Waals surface area contributed by atoms with Gasteiger partial charge in [0.1, 0.15) is 11.6 Å². The van der Waals surface area contributed by atoms with Gasteiger partial charge in [-0.25, -0.2) is 17.6 Å². The molecule has 0 aromatic heterocycles. The SMILES string of the molecule is CC(=O)N1N=C(c2cc(F)ccc2F)OC12c1cc(F)c(F)cc1CCC2CCN. The van der Waals surface area contributed by atoms with Gasteiger partial charge in [-0.1, -0.05) is 0 Å². The number of ether oxygens (including phenoxy) is 1. The van der Waals surface area contributed by atoms with Crippen LogP contribution in [0, 0.1) is 29.2 Å². The lowest BCUT2D eigenvalue weighted by Gasteiger charge is -2.45. The summed E-state index contributed by atoms with van der Waals surface area (Å²) >= 11 is 0. The molecule has 0 fully saturated rings. The maximum atomic E-state index is 14.4. The molecule has 1 spiro atoms. The Morgan fingerprint density at radius 1 is 1.20 bits per heavy atom. The molecule has 2 N–H and O–H groups in total. The highest BCUT2D eigenvalue weighted by molar-refractivity contribution is 5.97. The van der Waals surface area contributed by atoms with Gasteiger partial charge >= 0.3 is 0 Å². The molecule has 1 heterocycles. The zero-order valence-corrected chi connectivity index (χ0v) is 16.1. The minimum atomic E-state index is -1.64. The number of fused-ring (bicyclic) bond motifs is 2. The van der Waals surface area contributed by atoms with Crippen LogP contribution in [0.3, 0.4) is 0 Å². The molecule has 9 heteroatoms. The van der Waals surface area contributed by atoms with Gasteiger partial charge in [-0.3, -0.25) is 4.79 Å². The molecule has 2 unspecified atom stereocenters. The van der Waals surface area contributed by atoms with Crippen molar-refractivity contribution >= 4 is 11.8 Å². The summed E-state index contributed by atoms with van der Waals surface area (Å²) in [5.74, 6) is -4.95. The van der Waals surface area contributed by atoms with Crippen LogP contribution in [-0.4, -0.2) is 23.4 Å². The van der Waals surface area contributed by atoms with E-state index in [1.165, 1.54) is 6.92 Å². The van der Waals surface area contributed by atoms with Crippen molar-refractivity contribution in [1.82, 2.24) is 5.01 Å². The van der Waals surface area contributed by atoms with Crippen molar-refractivity contribution < 1.29 is 27.1 Å². The van der Waals surface area contributed by atoms with Gasteiger partial charge in [0.25, 0.3) is 0 Å². The Kier molecular flexibility index (Phi) is 5.01. The first kappa shape index (κ1) is 20.3. The average molecular weight is 421 g/mol. The van der Waals surface area contributed by atoms with Crippen molar-refractivity contribution in [3.05, 3.63) is 70.3 Å². The van der Waals surface area contributed by atoms with Crippen molar-refractivity contribution in [1.29, 1.82) is 0 Å². The lowest BCUT2D eigenvalue weighted by atomic mass is 9.74. The predicted molar refractivity (Wildman–Crippen MR) is 100 cm³/mol. The smallest absolute Gasteiger partial charge is 0.244 e. The Balaban J connectivity index is 1.93. The molecule has 0 radical (unpaired) electrons. The van der Waals surface area contributed by atoms with E-state index in [1.807, 2.05) is 0 Å². The Morgan fingerprint density at radius 2 is 1.93 bits per heavy atom. The van der Waals surface area contributed by atoms with Gasteiger partial charge in [-0.15, -0.1) is 5.10 Å². The molecular weight excluding hydrogens is 402 g/mol. The number of nitrogens with zero attached hydrogens (tertiary/aromatic N) is 2. The minimum Gasteiger partial charge on any atom is -0.443 e. The number of hydrogen-bond donors (Lipinski definition) is 1. The second kappa shape index (κ2) is 7.39. The van der Waals surface area contributed by atoms with Crippen molar-refractivity contribution in [3.63, 3.8) is 0 Å². The average Bonchev–Trinajstić information content (AvgIpc) is 3.09. The number of benzene rings is 2. The third-order valence-corrected chi connectivity index (χ3v) is 5.58. The third-order valence-electron chi connectivity index (χ3n) is 5.58. The predicted octanol–water partition coefficient (Wildman–Crippen LogP) is 3.55. The van der Waals surface area contributed by atoms with E-state index in [2.05, 4.69) is 5.10 Å². The third kappa shape index (κ3) is 3.04. The molecular formula is C21H19F4N3O2. The van der Waals surface area contributed by atoms with E-state index in [9.17, 15) is 22.4 Å². The molecule has 2 atom stereocenters. The lowest BCUT2D eigenvalue weighted by molar-refractivity contribution is -0.163. The van der Waals surface area contributed by atoms with E-state index >= 15 is 0 Å². The highest BCUT2D eigenvalue weighted by atomic mass is 19.2. The van der Waals surface area contributed by atoms with E-state index in [0.717, 1.165) is 35.3 Å². The first-order valence-corrected chi connectivity index (χ1v) is 9.50. The van der Waals surface area contributed by atoms with E-state index in [4.69, 9.17) is 10.5 Å². The fraction of sp³-hybridized carbons (Fsp3) is 0.333. The number of hydrogen-bond acceptors (Lipinski definition) is 4. The summed E-state index contributed by atoms with van der Waals surface area (Å²) in [5.41, 5.74) is 4.51. The summed E-state index contributed by atoms with van der Waals surface area (Å²) in [5, 5.41) is 5.14. The Morgan fingerprint density at radius 3 is 2.63 bits per heavy atom. The van der Waals surface area contributed by atoms with Gasteiger partial charge in [0.2, 0.25) is 17.5 Å². The molecule has 5 nitrogen and oxygen atoms in total. The fourth-order valence-corrected chi connectivity index (χ4v) is 4.29. The molecule has 158 valence electrons. The first-order valence-electron chi connectivity index (χ1n) is 9.50. The van der Waals surface area contributed by atoms with Crippen LogP contribution in [0.15, 0.2) is 35.4 Å². The van der Waals surface area contributed by atoms with Crippen molar-refractivity contribution in [2.24, 2.45) is 16.8 Å². The van der Waals surface area contributed by atoms with Crippen LogP contribution in [0.25, 0.3) is 0 Å². The van der Waals surface area contributed by atoms with Crippen LogP contribution in [0.5, 0.6) is 0 Å². The number of carbonyl (C=O) groups excluding carboxylic acids is 1. The van der Waals surface area contributed by atoms with Crippen LogP contribution in [0.1, 0.15) is 36.5 Å². The number of halogens is 4. The van der Waals surface area contributed by atoms with Gasteiger partial charge in [0.15, 0.2) is 11.6 Å². The standard InChI is InChI=1S/C21H19F4N3O2/c1-11(29)28-21(30-20(27-28)15-9-14(22)4-5-17(15)23)13(6-7-26)3-2-12-8-18(24)19(25)10-16(12)21/h4-5,8-10,13H,2-3,6-7,26H2,1H3. The van der Waals surface area contributed by atoms with Gasteiger partial charge in [0, 0.05) is 18.4 Å². The first-order chi connectivity index (χ1) is 14.3. The number of carbonyl (C=O) groups is 1. The molecule has 30 heavy (non-hydrogen) atoms.